The Bertz CT molecular complexity index is 3770. The van der Waals surface area contributed by atoms with E-state index in [-0.39, 0.29) is 0 Å². The Morgan fingerprint density at radius 1 is 0.439 bits per heavy atom. The molecular formula is C65H58Cl3N9O5. The second-order valence-electron chi connectivity index (χ2n) is 18.3. The molecule has 82 heavy (non-hydrogen) atoms. The molecule has 0 aliphatic heterocycles. The molecule has 0 spiro atoms. The molecule has 0 amide bonds. The van der Waals surface area contributed by atoms with Crippen molar-refractivity contribution in [1.29, 1.82) is 0 Å². The van der Waals surface area contributed by atoms with Crippen molar-refractivity contribution in [3.8, 4) is 11.6 Å². The average molecular weight is 1150 g/mol. The smallest absolute Gasteiger partial charge is 0.237 e. The number of hydrogen-bond donors (Lipinski definition) is 6. The molecule has 3 aromatic heterocycles. The predicted molar refractivity (Wildman–Crippen MR) is 333 cm³/mol. The fourth-order valence-electron chi connectivity index (χ4n) is 8.74. The van der Waals surface area contributed by atoms with Crippen LogP contribution in [-0.4, -0.2) is 60.9 Å². The van der Waals surface area contributed by atoms with Crippen molar-refractivity contribution in [2.45, 2.75) is 34.6 Å². The summed E-state index contributed by atoms with van der Waals surface area (Å²) in [7, 11) is 0. The van der Waals surface area contributed by atoms with Crippen molar-refractivity contribution in [2.75, 3.05) is 29.2 Å². The molecule has 7 aromatic carbocycles. The summed E-state index contributed by atoms with van der Waals surface area (Å²) in [5.74, 6) is 1.24. The molecule has 0 unspecified atom stereocenters. The largest absolute Gasteiger partial charge is 0.492 e. The molecule has 0 atom stereocenters. The monoisotopic (exact) mass is 1150 g/mol. The zero-order chi connectivity index (χ0) is 58.0. The molecule has 0 fully saturated rings. The first-order valence-corrected chi connectivity index (χ1v) is 27.1. The number of nitrogens with one attached hydrogen (secondary N) is 3. The van der Waals surface area contributed by atoms with Crippen LogP contribution in [0, 0.1) is 20.8 Å². The zero-order valence-corrected chi connectivity index (χ0v) is 47.7. The van der Waals surface area contributed by atoms with Gasteiger partial charge in [0.25, 0.3) is 0 Å². The summed E-state index contributed by atoms with van der Waals surface area (Å²) in [6, 6.07) is 55.1. The first kappa shape index (κ1) is 58.7. The second kappa shape index (κ2) is 28.6. The summed E-state index contributed by atoms with van der Waals surface area (Å²) in [6.45, 7) is 10.8. The van der Waals surface area contributed by atoms with Crippen molar-refractivity contribution in [3.63, 3.8) is 0 Å². The maximum atomic E-state index is 9.59. The molecule has 0 saturated carbocycles. The molecule has 10 aromatic rings. The topological polar surface area (TPSA) is 191 Å². The highest BCUT2D eigenvalue weighted by Gasteiger charge is 2.18. The van der Waals surface area contributed by atoms with Crippen molar-refractivity contribution < 1.29 is 25.1 Å². The van der Waals surface area contributed by atoms with Gasteiger partial charge < -0.3 is 41.0 Å². The van der Waals surface area contributed by atoms with Crippen molar-refractivity contribution >= 4 is 97.0 Å². The lowest BCUT2D eigenvalue weighted by atomic mass is 9.98. The van der Waals surface area contributed by atoms with Crippen molar-refractivity contribution in [1.82, 2.24) is 15.0 Å². The molecule has 0 aliphatic carbocycles. The molecule has 3 heterocycles. The number of aryl methyl sites for hydroxylation is 3. The molecule has 0 bridgehead atoms. The molecule has 414 valence electrons. The van der Waals surface area contributed by atoms with E-state index in [1.165, 1.54) is 0 Å². The lowest BCUT2D eigenvalue weighted by molar-refractivity contribution is 0.319. The molecule has 0 aliphatic rings. The van der Waals surface area contributed by atoms with Gasteiger partial charge in [-0.25, -0.2) is 4.98 Å². The van der Waals surface area contributed by atoms with E-state index in [9.17, 15) is 15.6 Å². The van der Waals surface area contributed by atoms with Crippen LogP contribution in [0.4, 0.5) is 34.1 Å². The minimum absolute atomic E-state index is 0.432. The Morgan fingerprint density at radius 2 is 0.902 bits per heavy atom. The number of rotatable bonds is 16. The summed E-state index contributed by atoms with van der Waals surface area (Å²) in [4.78, 5) is 12.8. The van der Waals surface area contributed by atoms with E-state index < -0.39 is 0 Å². The van der Waals surface area contributed by atoms with E-state index in [1.54, 1.807) is 43.0 Å². The SMILES string of the molecule is CCOc1ccncc1Nc1ccc(C(=NO)c2ccccc2C)c(Cl)c1.CCOc1ncccc1Nc1ccc(C(=NO)c2ccccc2C)c(Cl)c1.Cc1ccccc1C(=NO)c1ccc(Nc2cnc3ccccc3c2)cc1Cl. The van der Waals surface area contributed by atoms with E-state index in [0.29, 0.717) is 73.7 Å². The summed E-state index contributed by atoms with van der Waals surface area (Å²) in [5, 5.41) is 51.5. The molecular weight excluding hydrogens is 1090 g/mol. The highest BCUT2D eigenvalue weighted by Crippen LogP contribution is 2.33. The molecule has 0 saturated heterocycles. The number of aromatic nitrogens is 3. The van der Waals surface area contributed by atoms with Crippen LogP contribution in [0.5, 0.6) is 11.6 Å². The second-order valence-corrected chi connectivity index (χ2v) is 19.5. The number of fused-ring (bicyclic) bond motifs is 1. The summed E-state index contributed by atoms with van der Waals surface area (Å²) in [6.07, 6.45) is 6.84. The number of pyridine rings is 3. The maximum Gasteiger partial charge on any atom is 0.237 e. The Balaban J connectivity index is 0.000000161. The van der Waals surface area contributed by atoms with Crippen molar-refractivity contribution in [2.24, 2.45) is 15.5 Å². The number of ether oxygens (including phenoxy) is 2. The van der Waals surface area contributed by atoms with E-state index in [2.05, 4.69) is 46.4 Å². The van der Waals surface area contributed by atoms with E-state index >= 15 is 0 Å². The number of oxime groups is 3. The van der Waals surface area contributed by atoms with Gasteiger partial charge in [-0.2, -0.15) is 0 Å². The highest BCUT2D eigenvalue weighted by atomic mass is 35.5. The minimum atomic E-state index is 0.432. The van der Waals surface area contributed by atoms with Crippen LogP contribution < -0.4 is 25.4 Å². The number of nitrogens with zero attached hydrogens (tertiary/aromatic N) is 6. The van der Waals surface area contributed by atoms with Gasteiger partial charge in [-0.15, -0.1) is 0 Å². The average Bonchev–Trinajstić information content (AvgIpc) is 3.52. The third kappa shape index (κ3) is 14.7. The van der Waals surface area contributed by atoms with Gasteiger partial charge in [0.05, 0.1) is 57.6 Å². The van der Waals surface area contributed by atoms with Gasteiger partial charge in [-0.05, 0) is 130 Å². The van der Waals surface area contributed by atoms with Crippen LogP contribution in [-0.2, 0) is 0 Å². The maximum absolute atomic E-state index is 9.59. The van der Waals surface area contributed by atoms with Crippen LogP contribution in [0.25, 0.3) is 10.9 Å². The highest BCUT2D eigenvalue weighted by molar-refractivity contribution is 6.37. The first-order chi connectivity index (χ1) is 39.9. The van der Waals surface area contributed by atoms with Gasteiger partial charge in [0.15, 0.2) is 0 Å². The van der Waals surface area contributed by atoms with Crippen LogP contribution in [0.1, 0.15) is 63.9 Å². The molecule has 0 radical (unpaired) electrons. The Morgan fingerprint density at radius 3 is 1.38 bits per heavy atom. The predicted octanol–water partition coefficient (Wildman–Crippen LogP) is 17.0. The fourth-order valence-corrected chi connectivity index (χ4v) is 9.55. The lowest BCUT2D eigenvalue weighted by Gasteiger charge is -2.14. The Kier molecular flexibility index (Phi) is 20.5. The van der Waals surface area contributed by atoms with Crippen LogP contribution in [0.2, 0.25) is 15.1 Å². The minimum Gasteiger partial charge on any atom is -0.492 e. The summed E-state index contributed by atoms with van der Waals surface area (Å²) < 4.78 is 11.1. The number of anilines is 6. The zero-order valence-electron chi connectivity index (χ0n) is 45.4. The third-order valence-corrected chi connectivity index (χ3v) is 13.7. The van der Waals surface area contributed by atoms with E-state index in [4.69, 9.17) is 44.3 Å². The van der Waals surface area contributed by atoms with E-state index in [1.807, 2.05) is 192 Å². The molecule has 10 rings (SSSR count). The molecule has 6 N–H and O–H groups in total. The van der Waals surface area contributed by atoms with Gasteiger partial charge in [-0.1, -0.05) is 141 Å². The number of halogens is 3. The third-order valence-electron chi connectivity index (χ3n) is 12.7. The Hall–Kier alpha value is -9.47. The van der Waals surface area contributed by atoms with Gasteiger partial charge in [0, 0.05) is 74.3 Å². The number of benzene rings is 7. The quantitative estimate of drug-likeness (QED) is 0.0307. The van der Waals surface area contributed by atoms with E-state index in [0.717, 1.165) is 78.4 Å². The van der Waals surface area contributed by atoms with Crippen LogP contribution in [0.3, 0.4) is 0 Å². The van der Waals surface area contributed by atoms with Crippen molar-refractivity contribution in [3.05, 3.63) is 266 Å². The summed E-state index contributed by atoms with van der Waals surface area (Å²) in [5.41, 5.74) is 14.5. The van der Waals surface area contributed by atoms with Gasteiger partial charge in [-0.3, -0.25) is 9.97 Å². The normalized spacial score (nSPS) is 11.4. The molecule has 14 nitrogen and oxygen atoms in total. The fraction of sp³-hybridized carbons (Fsp3) is 0.108. The lowest BCUT2D eigenvalue weighted by Crippen LogP contribution is -2.07. The van der Waals surface area contributed by atoms with Crippen LogP contribution >= 0.6 is 34.8 Å². The first-order valence-electron chi connectivity index (χ1n) is 26.0. The van der Waals surface area contributed by atoms with Gasteiger partial charge in [0.2, 0.25) is 5.88 Å². The Labute approximate surface area is 491 Å². The number of para-hydroxylation sites is 1. The van der Waals surface area contributed by atoms with Gasteiger partial charge >= 0.3 is 0 Å². The standard InChI is InChI=1S/C23H18ClN3O.2C21H20ClN3O2/c1-15-6-2-4-8-19(15)23(27-28)20-11-10-17(13-21(20)24)26-18-12-16-7-3-5-9-22(16)25-14-18;1-3-27-21-19(9-6-12-23-21)24-15-10-11-17(18(22)13-15)20(25-26)16-8-5-4-7-14(16)2;1-3-27-20-10-11-23-13-19(20)24-15-8-9-17(18(22)12-15)21(25-26)16-7-5-4-6-14(16)2/h2-14,26,28H,1H3;2*4-13,24,26H,3H2,1-2H3. The molecule has 17 heteroatoms. The number of hydrogen-bond acceptors (Lipinski definition) is 14. The van der Waals surface area contributed by atoms with Gasteiger partial charge in [0.1, 0.15) is 28.6 Å². The summed E-state index contributed by atoms with van der Waals surface area (Å²) >= 11 is 19.5. The van der Waals surface area contributed by atoms with Crippen LogP contribution in [0.15, 0.2) is 216 Å².